The number of carbonyl (C=O) groups is 1. The summed E-state index contributed by atoms with van der Waals surface area (Å²) in [5.41, 5.74) is -0.129. The lowest BCUT2D eigenvalue weighted by Gasteiger charge is -2.31. The molecule has 0 saturated carbocycles. The van der Waals surface area contributed by atoms with Crippen molar-refractivity contribution < 1.29 is 18.5 Å². The van der Waals surface area contributed by atoms with Crippen molar-refractivity contribution in [3.05, 3.63) is 48.3 Å². The van der Waals surface area contributed by atoms with Gasteiger partial charge in [-0.3, -0.25) is 4.79 Å². The molecule has 1 aromatic heterocycles. The van der Waals surface area contributed by atoms with Gasteiger partial charge in [-0.15, -0.1) is 0 Å². The second-order valence-corrected chi connectivity index (χ2v) is 5.63. The van der Waals surface area contributed by atoms with Crippen LogP contribution in [-0.2, 0) is 4.79 Å². The fourth-order valence-electron chi connectivity index (χ4n) is 2.67. The monoisotopic (exact) mass is 334 g/mol. The van der Waals surface area contributed by atoms with E-state index in [1.807, 2.05) is 0 Å². The predicted molar refractivity (Wildman–Crippen MR) is 84.8 cm³/mol. The van der Waals surface area contributed by atoms with Crippen molar-refractivity contribution in [3.8, 4) is 0 Å². The summed E-state index contributed by atoms with van der Waals surface area (Å²) in [6, 6.07) is 4.76. The molecule has 0 unspecified atom stereocenters. The molecule has 0 spiro atoms. The van der Waals surface area contributed by atoms with Crippen molar-refractivity contribution in [2.24, 2.45) is 0 Å². The van der Waals surface area contributed by atoms with Gasteiger partial charge in [0.2, 0.25) is 5.95 Å². The molecule has 1 aliphatic heterocycles. The third-order valence-electron chi connectivity index (χ3n) is 3.92. The minimum absolute atomic E-state index is 0.129. The van der Waals surface area contributed by atoms with Crippen LogP contribution >= 0.6 is 0 Å². The Morgan fingerprint density at radius 2 is 1.92 bits per heavy atom. The van der Waals surface area contributed by atoms with Gasteiger partial charge in [-0.05, 0) is 18.2 Å². The first-order chi connectivity index (χ1) is 11.6. The number of carbonyl (C=O) groups excluding carboxylic acids is 1. The fourth-order valence-corrected chi connectivity index (χ4v) is 2.67. The zero-order chi connectivity index (χ0) is 16.9. The molecule has 0 bridgehead atoms. The van der Waals surface area contributed by atoms with Crippen molar-refractivity contribution >= 4 is 17.5 Å². The van der Waals surface area contributed by atoms with E-state index in [1.54, 1.807) is 18.5 Å². The summed E-state index contributed by atoms with van der Waals surface area (Å²) in [6.45, 7) is 3.18. The Hall–Kier alpha value is -2.61. The smallest absolute Gasteiger partial charge is 0.279 e. The van der Waals surface area contributed by atoms with Crippen LogP contribution in [0.4, 0.5) is 20.4 Å². The highest BCUT2D eigenvalue weighted by atomic mass is 19.1. The van der Waals surface area contributed by atoms with Gasteiger partial charge in [0.15, 0.2) is 6.54 Å². The number of piperazine rings is 1. The first-order valence-corrected chi connectivity index (χ1v) is 7.72. The first kappa shape index (κ1) is 16.3. The quantitative estimate of drug-likeness (QED) is 0.832. The van der Waals surface area contributed by atoms with Gasteiger partial charge in [0, 0.05) is 18.5 Å². The zero-order valence-corrected chi connectivity index (χ0v) is 13.0. The highest BCUT2D eigenvalue weighted by molar-refractivity contribution is 5.91. The van der Waals surface area contributed by atoms with Crippen molar-refractivity contribution in [1.29, 1.82) is 0 Å². The molecule has 2 N–H and O–H groups in total. The largest absolute Gasteiger partial charge is 0.330 e. The Kier molecular flexibility index (Phi) is 4.95. The van der Waals surface area contributed by atoms with Crippen LogP contribution < -0.4 is 15.1 Å². The molecule has 1 aromatic carbocycles. The van der Waals surface area contributed by atoms with E-state index in [1.165, 1.54) is 0 Å². The number of quaternary nitrogens is 1. The van der Waals surface area contributed by atoms with Crippen LogP contribution in [0.1, 0.15) is 0 Å². The zero-order valence-electron chi connectivity index (χ0n) is 13.0. The maximum absolute atomic E-state index is 13.5. The fraction of sp³-hybridized carbons (Fsp3) is 0.312. The number of aromatic nitrogens is 2. The molecule has 2 aromatic rings. The Balaban J connectivity index is 1.51. The summed E-state index contributed by atoms with van der Waals surface area (Å²) in [5.74, 6) is -0.886. The number of halogens is 2. The number of hydrogen-bond donors (Lipinski definition) is 2. The molecular weight excluding hydrogens is 316 g/mol. The lowest BCUT2D eigenvalue weighted by molar-refractivity contribution is -0.892. The van der Waals surface area contributed by atoms with Crippen LogP contribution in [0.3, 0.4) is 0 Å². The molecule has 0 aliphatic carbocycles. The van der Waals surface area contributed by atoms with Gasteiger partial charge in [-0.2, -0.15) is 0 Å². The number of amides is 1. The highest BCUT2D eigenvalue weighted by Gasteiger charge is 2.23. The van der Waals surface area contributed by atoms with Crippen molar-refractivity contribution in [2.45, 2.75) is 0 Å². The Morgan fingerprint density at radius 1 is 1.21 bits per heavy atom. The second kappa shape index (κ2) is 7.31. The number of hydrogen-bond acceptors (Lipinski definition) is 4. The molecule has 8 heteroatoms. The summed E-state index contributed by atoms with van der Waals surface area (Å²) >= 11 is 0. The van der Waals surface area contributed by atoms with Gasteiger partial charge in [-0.25, -0.2) is 18.7 Å². The van der Waals surface area contributed by atoms with Gasteiger partial charge < -0.3 is 15.1 Å². The minimum atomic E-state index is -0.647. The van der Waals surface area contributed by atoms with Gasteiger partial charge in [0.05, 0.1) is 31.9 Å². The van der Waals surface area contributed by atoms with E-state index in [0.717, 1.165) is 49.3 Å². The number of nitrogens with one attached hydrogen (secondary N) is 2. The standard InChI is InChI=1S/C16H17F2N5O/c17-12-2-3-13(18)14(10-12)21-15(24)11-22-6-8-23(9-7-22)16-19-4-1-5-20-16/h1-5,10H,6-9,11H2,(H,21,24)/p+1. The topological polar surface area (TPSA) is 62.6 Å². The maximum atomic E-state index is 13.5. The number of nitrogens with zero attached hydrogens (tertiary/aromatic N) is 3. The van der Waals surface area contributed by atoms with Crippen molar-refractivity contribution in [3.63, 3.8) is 0 Å². The van der Waals surface area contributed by atoms with Gasteiger partial charge >= 0.3 is 0 Å². The lowest BCUT2D eigenvalue weighted by atomic mass is 10.3. The summed E-state index contributed by atoms with van der Waals surface area (Å²) < 4.78 is 26.7. The van der Waals surface area contributed by atoms with Crippen LogP contribution in [0.15, 0.2) is 36.7 Å². The van der Waals surface area contributed by atoms with E-state index in [4.69, 9.17) is 0 Å². The predicted octanol–water partition coefficient (Wildman–Crippen LogP) is 0.0984. The maximum Gasteiger partial charge on any atom is 0.279 e. The number of benzene rings is 1. The van der Waals surface area contributed by atoms with Crippen LogP contribution in [-0.4, -0.2) is 48.6 Å². The molecule has 1 saturated heterocycles. The molecule has 126 valence electrons. The minimum Gasteiger partial charge on any atom is -0.330 e. The summed E-state index contributed by atoms with van der Waals surface area (Å²) in [6.07, 6.45) is 3.39. The Morgan fingerprint density at radius 3 is 2.62 bits per heavy atom. The molecule has 0 radical (unpaired) electrons. The van der Waals surface area contributed by atoms with Crippen LogP contribution in [0.2, 0.25) is 0 Å². The molecule has 0 atom stereocenters. The third kappa shape index (κ3) is 4.02. The van der Waals surface area contributed by atoms with Gasteiger partial charge in [0.25, 0.3) is 5.91 Å². The Labute approximate surface area is 138 Å². The number of rotatable bonds is 4. The van der Waals surface area contributed by atoms with E-state index in [0.29, 0.717) is 5.95 Å². The van der Waals surface area contributed by atoms with E-state index in [9.17, 15) is 13.6 Å². The highest BCUT2D eigenvalue weighted by Crippen LogP contribution is 2.14. The third-order valence-corrected chi connectivity index (χ3v) is 3.92. The second-order valence-electron chi connectivity index (χ2n) is 5.63. The summed E-state index contributed by atoms with van der Waals surface area (Å²) in [7, 11) is 0. The van der Waals surface area contributed by atoms with Crippen LogP contribution in [0.5, 0.6) is 0 Å². The molecule has 2 heterocycles. The van der Waals surface area contributed by atoms with Crippen LogP contribution in [0, 0.1) is 11.6 Å². The SMILES string of the molecule is O=C(C[NH+]1CCN(c2ncccn2)CC1)Nc1cc(F)ccc1F. The van der Waals surface area contributed by atoms with E-state index in [-0.39, 0.29) is 18.1 Å². The molecule has 6 nitrogen and oxygen atoms in total. The molecule has 1 amide bonds. The number of anilines is 2. The molecular formula is C16H18F2N5O+. The van der Waals surface area contributed by atoms with Crippen LogP contribution in [0.25, 0.3) is 0 Å². The first-order valence-electron chi connectivity index (χ1n) is 7.72. The van der Waals surface area contributed by atoms with Gasteiger partial charge in [-0.1, -0.05) is 0 Å². The summed E-state index contributed by atoms with van der Waals surface area (Å²) in [4.78, 5) is 23.6. The molecule has 3 rings (SSSR count). The van der Waals surface area contributed by atoms with Gasteiger partial charge in [0.1, 0.15) is 11.6 Å². The van der Waals surface area contributed by atoms with E-state index >= 15 is 0 Å². The van der Waals surface area contributed by atoms with E-state index < -0.39 is 11.6 Å². The summed E-state index contributed by atoms with van der Waals surface area (Å²) in [5, 5.41) is 2.43. The molecule has 1 aliphatic rings. The average Bonchev–Trinajstić information content (AvgIpc) is 2.59. The van der Waals surface area contributed by atoms with Crippen molar-refractivity contribution in [2.75, 3.05) is 42.9 Å². The lowest BCUT2D eigenvalue weighted by Crippen LogP contribution is -3.15. The van der Waals surface area contributed by atoms with E-state index in [2.05, 4.69) is 20.2 Å². The average molecular weight is 334 g/mol. The normalized spacial score (nSPS) is 15.3. The molecule has 24 heavy (non-hydrogen) atoms. The van der Waals surface area contributed by atoms with Crippen molar-refractivity contribution in [1.82, 2.24) is 9.97 Å². The Bertz CT molecular complexity index is 705. The molecule has 1 fully saturated rings.